The predicted molar refractivity (Wildman–Crippen MR) is 73.9 cm³/mol. The molecule has 0 saturated carbocycles. The van der Waals surface area contributed by atoms with Crippen LogP contribution in [-0.4, -0.2) is 19.7 Å². The summed E-state index contributed by atoms with van der Waals surface area (Å²) in [6, 6.07) is 10.7. The first-order chi connectivity index (χ1) is 9.22. The highest BCUT2D eigenvalue weighted by molar-refractivity contribution is 5.97. The molecule has 3 nitrogen and oxygen atoms in total. The Kier molecular flexibility index (Phi) is 3.76. The third kappa shape index (κ3) is 2.27. The summed E-state index contributed by atoms with van der Waals surface area (Å²) in [6.07, 6.45) is 1.57. The van der Waals surface area contributed by atoms with E-state index in [9.17, 15) is 9.59 Å². The van der Waals surface area contributed by atoms with Crippen LogP contribution in [0, 0.1) is 6.92 Å². The Labute approximate surface area is 111 Å². The molecule has 0 fully saturated rings. The molecule has 0 atom stereocenters. The van der Waals surface area contributed by atoms with Gasteiger partial charge in [-0.05, 0) is 24.1 Å². The van der Waals surface area contributed by atoms with Crippen LogP contribution in [-0.2, 0) is 0 Å². The lowest BCUT2D eigenvalue weighted by atomic mass is 9.92. The molecule has 0 unspecified atom stereocenters. The van der Waals surface area contributed by atoms with Crippen LogP contribution in [0.3, 0.4) is 0 Å². The van der Waals surface area contributed by atoms with E-state index in [1.165, 1.54) is 0 Å². The van der Waals surface area contributed by atoms with Crippen molar-refractivity contribution in [2.45, 2.75) is 6.92 Å². The first kappa shape index (κ1) is 13.0. The van der Waals surface area contributed by atoms with Crippen LogP contribution in [0.15, 0.2) is 36.4 Å². The highest BCUT2D eigenvalue weighted by Gasteiger charge is 2.16. The van der Waals surface area contributed by atoms with Crippen LogP contribution in [0.25, 0.3) is 11.1 Å². The molecule has 0 aliphatic carbocycles. The van der Waals surface area contributed by atoms with E-state index in [2.05, 4.69) is 0 Å². The average Bonchev–Trinajstić information content (AvgIpc) is 2.46. The molecule has 2 aromatic carbocycles. The van der Waals surface area contributed by atoms with Crippen molar-refractivity contribution in [2.24, 2.45) is 0 Å². The number of benzene rings is 2. The lowest BCUT2D eigenvalue weighted by molar-refractivity contribution is 0.111. The van der Waals surface area contributed by atoms with Crippen molar-refractivity contribution in [3.05, 3.63) is 53.1 Å². The van der Waals surface area contributed by atoms with Gasteiger partial charge in [0, 0.05) is 16.7 Å². The second-order valence-electron chi connectivity index (χ2n) is 4.20. The van der Waals surface area contributed by atoms with E-state index in [-0.39, 0.29) is 0 Å². The molecule has 2 aromatic rings. The molecule has 0 aromatic heterocycles. The van der Waals surface area contributed by atoms with Crippen molar-refractivity contribution in [3.8, 4) is 16.9 Å². The van der Waals surface area contributed by atoms with E-state index >= 15 is 0 Å². The van der Waals surface area contributed by atoms with E-state index in [4.69, 9.17) is 4.74 Å². The minimum atomic E-state index is 0.511. The molecule has 96 valence electrons. The maximum atomic E-state index is 11.2. The Morgan fingerprint density at radius 3 is 2.05 bits per heavy atom. The third-order valence-corrected chi connectivity index (χ3v) is 3.09. The molecule has 0 heterocycles. The number of rotatable bonds is 4. The quantitative estimate of drug-likeness (QED) is 0.786. The van der Waals surface area contributed by atoms with Crippen molar-refractivity contribution < 1.29 is 14.3 Å². The van der Waals surface area contributed by atoms with Gasteiger partial charge in [-0.2, -0.15) is 0 Å². The highest BCUT2D eigenvalue weighted by atomic mass is 16.5. The van der Waals surface area contributed by atoms with Crippen LogP contribution < -0.4 is 4.74 Å². The van der Waals surface area contributed by atoms with E-state index in [1.807, 2.05) is 19.1 Å². The lowest BCUT2D eigenvalue weighted by Gasteiger charge is -2.15. The molecule has 0 aliphatic heterocycles. The SMILES string of the molecule is COc1cccc(C=O)c1-c1c(C)cccc1C=O. The Bertz CT molecular complexity index is 630. The molecule has 0 aliphatic rings. The topological polar surface area (TPSA) is 43.4 Å². The van der Waals surface area contributed by atoms with Gasteiger partial charge in [0.1, 0.15) is 5.75 Å². The Morgan fingerprint density at radius 2 is 1.47 bits per heavy atom. The van der Waals surface area contributed by atoms with Gasteiger partial charge in [0.2, 0.25) is 0 Å². The zero-order chi connectivity index (χ0) is 13.8. The van der Waals surface area contributed by atoms with Gasteiger partial charge in [0.15, 0.2) is 12.6 Å². The summed E-state index contributed by atoms with van der Waals surface area (Å²) in [6.45, 7) is 1.91. The van der Waals surface area contributed by atoms with Crippen molar-refractivity contribution in [3.63, 3.8) is 0 Å². The summed E-state index contributed by atoms with van der Waals surface area (Å²) in [4.78, 5) is 22.5. The monoisotopic (exact) mass is 254 g/mol. The lowest BCUT2D eigenvalue weighted by Crippen LogP contribution is -1.98. The highest BCUT2D eigenvalue weighted by Crippen LogP contribution is 2.36. The van der Waals surface area contributed by atoms with Gasteiger partial charge >= 0.3 is 0 Å². The standard InChI is InChI=1S/C16H14O3/c1-11-5-3-6-12(9-17)15(11)16-13(10-18)7-4-8-14(16)19-2/h3-10H,1-2H3. The molecular formula is C16H14O3. The summed E-state index contributed by atoms with van der Waals surface area (Å²) in [5, 5.41) is 0. The van der Waals surface area contributed by atoms with Crippen LogP contribution in [0.5, 0.6) is 5.75 Å². The smallest absolute Gasteiger partial charge is 0.150 e. The summed E-state index contributed by atoms with van der Waals surface area (Å²) in [5.41, 5.74) is 3.40. The minimum Gasteiger partial charge on any atom is -0.496 e. The number of aryl methyl sites for hydroxylation is 1. The molecule has 0 radical (unpaired) electrons. The number of hydrogen-bond acceptors (Lipinski definition) is 3. The van der Waals surface area contributed by atoms with Gasteiger partial charge < -0.3 is 4.74 Å². The summed E-state index contributed by atoms with van der Waals surface area (Å²) in [7, 11) is 1.55. The maximum Gasteiger partial charge on any atom is 0.150 e. The molecule has 0 saturated heterocycles. The molecule has 19 heavy (non-hydrogen) atoms. The van der Waals surface area contributed by atoms with Crippen LogP contribution >= 0.6 is 0 Å². The molecule has 2 rings (SSSR count). The van der Waals surface area contributed by atoms with Crippen molar-refractivity contribution in [2.75, 3.05) is 7.11 Å². The number of hydrogen-bond donors (Lipinski definition) is 0. The van der Waals surface area contributed by atoms with E-state index in [0.29, 0.717) is 22.4 Å². The number of ether oxygens (including phenoxy) is 1. The largest absolute Gasteiger partial charge is 0.496 e. The fraction of sp³-hybridized carbons (Fsp3) is 0.125. The maximum absolute atomic E-state index is 11.2. The third-order valence-electron chi connectivity index (χ3n) is 3.09. The van der Waals surface area contributed by atoms with Gasteiger partial charge in [-0.25, -0.2) is 0 Å². The van der Waals surface area contributed by atoms with Gasteiger partial charge in [0.05, 0.1) is 7.11 Å². The molecule has 3 heteroatoms. The normalized spacial score (nSPS) is 10.0. The van der Waals surface area contributed by atoms with Gasteiger partial charge in [-0.1, -0.05) is 30.3 Å². The van der Waals surface area contributed by atoms with Gasteiger partial charge in [0.25, 0.3) is 0 Å². The molecular weight excluding hydrogens is 240 g/mol. The fourth-order valence-corrected chi connectivity index (χ4v) is 2.21. The minimum absolute atomic E-state index is 0.511. The second-order valence-corrected chi connectivity index (χ2v) is 4.20. The molecule has 0 amide bonds. The van der Waals surface area contributed by atoms with Crippen molar-refractivity contribution in [1.82, 2.24) is 0 Å². The second kappa shape index (κ2) is 5.48. The Hall–Kier alpha value is -2.42. The molecule has 0 bridgehead atoms. The van der Waals surface area contributed by atoms with Gasteiger partial charge in [-0.15, -0.1) is 0 Å². The van der Waals surface area contributed by atoms with Crippen molar-refractivity contribution in [1.29, 1.82) is 0 Å². The predicted octanol–water partition coefficient (Wildman–Crippen LogP) is 3.30. The molecule has 0 N–H and O–H groups in total. The number of methoxy groups -OCH3 is 1. The summed E-state index contributed by atoms with van der Waals surface area (Å²) in [5.74, 6) is 0.585. The molecule has 0 spiro atoms. The van der Waals surface area contributed by atoms with Crippen LogP contribution in [0.1, 0.15) is 26.3 Å². The van der Waals surface area contributed by atoms with E-state index in [0.717, 1.165) is 23.7 Å². The summed E-state index contributed by atoms with van der Waals surface area (Å²) >= 11 is 0. The van der Waals surface area contributed by atoms with E-state index < -0.39 is 0 Å². The summed E-state index contributed by atoms with van der Waals surface area (Å²) < 4.78 is 5.32. The Morgan fingerprint density at radius 1 is 0.895 bits per heavy atom. The van der Waals surface area contributed by atoms with Crippen LogP contribution in [0.4, 0.5) is 0 Å². The van der Waals surface area contributed by atoms with Crippen LogP contribution in [0.2, 0.25) is 0 Å². The first-order valence-electron chi connectivity index (χ1n) is 5.90. The number of aldehydes is 2. The number of carbonyl (C=O) groups is 2. The first-order valence-corrected chi connectivity index (χ1v) is 5.90. The number of carbonyl (C=O) groups excluding carboxylic acids is 2. The Balaban J connectivity index is 2.85. The zero-order valence-electron chi connectivity index (χ0n) is 10.8. The average molecular weight is 254 g/mol. The van der Waals surface area contributed by atoms with Crippen molar-refractivity contribution >= 4 is 12.6 Å². The van der Waals surface area contributed by atoms with E-state index in [1.54, 1.807) is 31.4 Å². The zero-order valence-corrected chi connectivity index (χ0v) is 10.8. The fourth-order valence-electron chi connectivity index (χ4n) is 2.21. The van der Waals surface area contributed by atoms with Gasteiger partial charge in [-0.3, -0.25) is 9.59 Å².